The van der Waals surface area contributed by atoms with Crippen molar-refractivity contribution in [1.29, 1.82) is 0 Å². The van der Waals surface area contributed by atoms with Crippen LogP contribution in [0.25, 0.3) is 0 Å². The van der Waals surface area contributed by atoms with Crippen LogP contribution in [0.1, 0.15) is 46.0 Å². The maximum absolute atomic E-state index is 12.4. The Morgan fingerprint density at radius 3 is 2.10 bits per heavy atom. The third kappa shape index (κ3) is 6.53. The second-order valence-corrected chi connectivity index (χ2v) is 6.39. The lowest BCUT2D eigenvalue weighted by Crippen LogP contribution is -2.59. The minimum atomic E-state index is -4.10. The van der Waals surface area contributed by atoms with Crippen molar-refractivity contribution in [3.8, 4) is 0 Å². The summed E-state index contributed by atoms with van der Waals surface area (Å²) in [4.78, 5) is 3.77. The molecule has 1 fully saturated rings. The Bertz CT molecular complexity index is 288. The summed E-state index contributed by atoms with van der Waals surface area (Å²) in [5.41, 5.74) is 5.88. The topological polar surface area (TPSA) is 32.5 Å². The molecule has 2 N–H and O–H groups in total. The van der Waals surface area contributed by atoms with Crippen LogP contribution in [-0.4, -0.2) is 60.8 Å². The van der Waals surface area contributed by atoms with Gasteiger partial charge in [-0.05, 0) is 13.3 Å². The van der Waals surface area contributed by atoms with Crippen molar-refractivity contribution in [2.45, 2.75) is 57.7 Å². The number of halogens is 3. The van der Waals surface area contributed by atoms with Gasteiger partial charge in [-0.15, -0.1) is 0 Å². The number of piperazine rings is 1. The lowest BCUT2D eigenvalue weighted by Gasteiger charge is -2.45. The predicted molar refractivity (Wildman–Crippen MR) is 80.3 cm³/mol. The third-order valence-corrected chi connectivity index (χ3v) is 4.55. The quantitative estimate of drug-likeness (QED) is 0.700. The van der Waals surface area contributed by atoms with E-state index in [0.29, 0.717) is 32.7 Å². The lowest BCUT2D eigenvalue weighted by molar-refractivity contribution is -0.150. The van der Waals surface area contributed by atoms with E-state index in [1.165, 1.54) is 24.2 Å². The van der Waals surface area contributed by atoms with Crippen LogP contribution in [0.15, 0.2) is 0 Å². The van der Waals surface area contributed by atoms with Crippen LogP contribution in [0.4, 0.5) is 13.2 Å². The van der Waals surface area contributed by atoms with E-state index in [1.54, 1.807) is 0 Å². The van der Waals surface area contributed by atoms with Gasteiger partial charge in [-0.1, -0.05) is 32.6 Å². The van der Waals surface area contributed by atoms with Crippen molar-refractivity contribution >= 4 is 0 Å². The average Bonchev–Trinajstić information content (AvgIpc) is 2.42. The van der Waals surface area contributed by atoms with Gasteiger partial charge in [-0.25, -0.2) is 0 Å². The maximum atomic E-state index is 12.4. The molecular weight excluding hydrogens is 279 g/mol. The van der Waals surface area contributed by atoms with Gasteiger partial charge >= 0.3 is 6.18 Å². The molecule has 0 saturated carbocycles. The Labute approximate surface area is 126 Å². The summed E-state index contributed by atoms with van der Waals surface area (Å²) >= 11 is 0. The SMILES string of the molecule is CCCCCCC(C)(CN)N1CCN(CC(F)(F)F)CC1. The summed E-state index contributed by atoms with van der Waals surface area (Å²) in [6.45, 7) is 6.42. The highest BCUT2D eigenvalue weighted by molar-refractivity contribution is 4.90. The maximum Gasteiger partial charge on any atom is 0.401 e. The van der Waals surface area contributed by atoms with E-state index in [0.717, 1.165) is 12.8 Å². The number of hydrogen-bond donors (Lipinski definition) is 1. The van der Waals surface area contributed by atoms with Gasteiger partial charge in [0.15, 0.2) is 0 Å². The fourth-order valence-corrected chi connectivity index (χ4v) is 3.02. The van der Waals surface area contributed by atoms with Crippen LogP contribution in [0.2, 0.25) is 0 Å². The average molecular weight is 309 g/mol. The van der Waals surface area contributed by atoms with Crippen LogP contribution in [0.3, 0.4) is 0 Å². The third-order valence-electron chi connectivity index (χ3n) is 4.55. The molecule has 6 heteroatoms. The fourth-order valence-electron chi connectivity index (χ4n) is 3.02. The fraction of sp³-hybridized carbons (Fsp3) is 1.00. The largest absolute Gasteiger partial charge is 0.401 e. The lowest BCUT2D eigenvalue weighted by atomic mass is 9.91. The molecular formula is C15H30F3N3. The number of alkyl halides is 3. The Morgan fingerprint density at radius 2 is 1.62 bits per heavy atom. The zero-order chi connectivity index (χ0) is 15.9. The summed E-state index contributed by atoms with van der Waals surface area (Å²) in [5, 5.41) is 0. The molecule has 21 heavy (non-hydrogen) atoms. The Morgan fingerprint density at radius 1 is 1.00 bits per heavy atom. The molecule has 1 atom stereocenters. The molecule has 0 aromatic rings. The highest BCUT2D eigenvalue weighted by atomic mass is 19.4. The van der Waals surface area contributed by atoms with Gasteiger partial charge in [0.2, 0.25) is 0 Å². The molecule has 0 bridgehead atoms. The molecule has 126 valence electrons. The molecule has 1 heterocycles. The van der Waals surface area contributed by atoms with Crippen molar-refractivity contribution in [1.82, 2.24) is 9.80 Å². The minimum absolute atomic E-state index is 0.0714. The molecule has 3 nitrogen and oxygen atoms in total. The van der Waals surface area contributed by atoms with E-state index < -0.39 is 12.7 Å². The smallest absolute Gasteiger partial charge is 0.329 e. The van der Waals surface area contributed by atoms with Crippen molar-refractivity contribution < 1.29 is 13.2 Å². The monoisotopic (exact) mass is 309 g/mol. The van der Waals surface area contributed by atoms with Gasteiger partial charge in [-0.3, -0.25) is 9.80 Å². The Hall–Kier alpha value is -0.330. The van der Waals surface area contributed by atoms with Crippen molar-refractivity contribution in [2.24, 2.45) is 5.73 Å². The second-order valence-electron chi connectivity index (χ2n) is 6.39. The number of rotatable bonds is 8. The number of hydrogen-bond acceptors (Lipinski definition) is 3. The highest BCUT2D eigenvalue weighted by Gasteiger charge is 2.36. The summed E-state index contributed by atoms with van der Waals surface area (Å²) in [6, 6.07) is 0. The molecule has 1 rings (SSSR count). The molecule has 1 aliphatic rings. The molecule has 0 aromatic heterocycles. The van der Waals surface area contributed by atoms with E-state index in [1.807, 2.05) is 0 Å². The van der Waals surface area contributed by atoms with E-state index in [9.17, 15) is 13.2 Å². The molecule has 0 aromatic carbocycles. The molecule has 1 unspecified atom stereocenters. The van der Waals surface area contributed by atoms with E-state index in [4.69, 9.17) is 5.73 Å². The zero-order valence-electron chi connectivity index (χ0n) is 13.4. The first-order valence-corrected chi connectivity index (χ1v) is 8.05. The number of nitrogens with two attached hydrogens (primary N) is 1. The summed E-state index contributed by atoms with van der Waals surface area (Å²) in [7, 11) is 0. The standard InChI is InChI=1S/C15H30F3N3/c1-3-4-5-6-7-14(2,12-19)21-10-8-20(9-11-21)13-15(16,17)18/h3-13,19H2,1-2H3. The van der Waals surface area contributed by atoms with Crippen LogP contribution in [0.5, 0.6) is 0 Å². The normalized spacial score (nSPS) is 21.4. The van der Waals surface area contributed by atoms with Gasteiger partial charge in [0.05, 0.1) is 6.54 Å². The Kier molecular flexibility index (Phi) is 7.44. The van der Waals surface area contributed by atoms with Crippen LogP contribution in [-0.2, 0) is 0 Å². The van der Waals surface area contributed by atoms with Crippen molar-refractivity contribution in [3.63, 3.8) is 0 Å². The first-order valence-electron chi connectivity index (χ1n) is 8.05. The van der Waals surface area contributed by atoms with Crippen LogP contribution < -0.4 is 5.73 Å². The van der Waals surface area contributed by atoms with E-state index >= 15 is 0 Å². The molecule has 1 aliphatic heterocycles. The molecule has 0 spiro atoms. The molecule has 0 amide bonds. The molecule has 0 aliphatic carbocycles. The van der Waals surface area contributed by atoms with Gasteiger partial charge in [0, 0.05) is 38.3 Å². The van der Waals surface area contributed by atoms with Gasteiger partial charge in [0.1, 0.15) is 0 Å². The van der Waals surface area contributed by atoms with Crippen LogP contribution >= 0.6 is 0 Å². The zero-order valence-corrected chi connectivity index (χ0v) is 13.4. The summed E-state index contributed by atoms with van der Waals surface area (Å²) in [6.07, 6.45) is 1.72. The number of nitrogens with zero attached hydrogens (tertiary/aromatic N) is 2. The predicted octanol–water partition coefficient (Wildman–Crippen LogP) is 2.85. The molecule has 1 saturated heterocycles. The van der Waals surface area contributed by atoms with Gasteiger partial charge < -0.3 is 5.73 Å². The van der Waals surface area contributed by atoms with E-state index in [-0.39, 0.29) is 5.54 Å². The van der Waals surface area contributed by atoms with Gasteiger partial charge in [-0.2, -0.15) is 13.2 Å². The minimum Gasteiger partial charge on any atom is -0.329 e. The van der Waals surface area contributed by atoms with Crippen molar-refractivity contribution in [2.75, 3.05) is 39.3 Å². The Balaban J connectivity index is 2.41. The van der Waals surface area contributed by atoms with Crippen molar-refractivity contribution in [3.05, 3.63) is 0 Å². The second kappa shape index (κ2) is 8.34. The first kappa shape index (κ1) is 18.7. The highest BCUT2D eigenvalue weighted by Crippen LogP contribution is 2.25. The van der Waals surface area contributed by atoms with E-state index in [2.05, 4.69) is 18.7 Å². The first-order chi connectivity index (χ1) is 9.80. The summed E-state index contributed by atoms with van der Waals surface area (Å²) in [5.74, 6) is 0. The van der Waals surface area contributed by atoms with Crippen LogP contribution in [0, 0.1) is 0 Å². The summed E-state index contributed by atoms with van der Waals surface area (Å²) < 4.78 is 37.2. The molecule has 0 radical (unpaired) electrons. The number of unbranched alkanes of at least 4 members (excludes halogenated alkanes) is 3. The van der Waals surface area contributed by atoms with Gasteiger partial charge in [0.25, 0.3) is 0 Å².